The van der Waals surface area contributed by atoms with Gasteiger partial charge in [0.1, 0.15) is 0 Å². The van der Waals surface area contributed by atoms with Crippen molar-refractivity contribution >= 4 is 5.69 Å². The summed E-state index contributed by atoms with van der Waals surface area (Å²) >= 11 is 0. The SMILES string of the molecule is CN(C)c1ccc(-c2[nH][nH]c(=O)c2CCCN)cc1. The van der Waals surface area contributed by atoms with Crippen molar-refractivity contribution in [3.05, 3.63) is 40.2 Å². The zero-order valence-electron chi connectivity index (χ0n) is 11.4. The Hall–Kier alpha value is -2.01. The van der Waals surface area contributed by atoms with Crippen molar-refractivity contribution in [2.75, 3.05) is 25.5 Å². The normalized spacial score (nSPS) is 10.7. The maximum atomic E-state index is 11.8. The Morgan fingerprint density at radius 3 is 2.42 bits per heavy atom. The van der Waals surface area contributed by atoms with Crippen LogP contribution in [0.1, 0.15) is 12.0 Å². The molecule has 0 saturated carbocycles. The van der Waals surface area contributed by atoms with Crippen LogP contribution in [0.25, 0.3) is 11.3 Å². The number of benzene rings is 1. The molecule has 0 fully saturated rings. The average molecular weight is 260 g/mol. The van der Waals surface area contributed by atoms with Crippen LogP contribution in [0.5, 0.6) is 0 Å². The van der Waals surface area contributed by atoms with E-state index in [0.29, 0.717) is 13.0 Å². The molecule has 5 nitrogen and oxygen atoms in total. The number of hydrogen-bond donors (Lipinski definition) is 3. The monoisotopic (exact) mass is 260 g/mol. The Kier molecular flexibility index (Phi) is 4.06. The van der Waals surface area contributed by atoms with Crippen LogP contribution in [0.2, 0.25) is 0 Å². The van der Waals surface area contributed by atoms with Gasteiger partial charge in [-0.3, -0.25) is 15.0 Å². The molecule has 0 aliphatic heterocycles. The summed E-state index contributed by atoms with van der Waals surface area (Å²) < 4.78 is 0. The van der Waals surface area contributed by atoms with Crippen molar-refractivity contribution in [3.8, 4) is 11.3 Å². The Labute approximate surface area is 112 Å². The molecule has 19 heavy (non-hydrogen) atoms. The number of hydrogen-bond acceptors (Lipinski definition) is 3. The first-order valence-electron chi connectivity index (χ1n) is 6.41. The maximum Gasteiger partial charge on any atom is 0.267 e. The van der Waals surface area contributed by atoms with E-state index in [4.69, 9.17) is 5.73 Å². The second kappa shape index (κ2) is 5.75. The summed E-state index contributed by atoms with van der Waals surface area (Å²) in [6.07, 6.45) is 1.50. The first-order valence-corrected chi connectivity index (χ1v) is 6.41. The number of nitrogens with one attached hydrogen (secondary N) is 2. The number of rotatable bonds is 5. The minimum atomic E-state index is -0.0554. The molecule has 102 valence electrons. The van der Waals surface area contributed by atoms with E-state index in [9.17, 15) is 4.79 Å². The fraction of sp³-hybridized carbons (Fsp3) is 0.357. The lowest BCUT2D eigenvalue weighted by Crippen LogP contribution is -2.09. The van der Waals surface area contributed by atoms with Crippen LogP contribution in [-0.4, -0.2) is 30.8 Å². The standard InChI is InChI=1S/C14H20N4O/c1-18(2)11-7-5-10(6-8-11)13-12(4-3-9-15)14(19)17-16-13/h5-8H,3-4,9,15H2,1-2H3,(H2,16,17,19). The summed E-state index contributed by atoms with van der Waals surface area (Å²) in [7, 11) is 4.00. The zero-order chi connectivity index (χ0) is 13.8. The van der Waals surface area contributed by atoms with Crippen molar-refractivity contribution in [1.82, 2.24) is 10.2 Å². The fourth-order valence-electron chi connectivity index (χ4n) is 2.07. The van der Waals surface area contributed by atoms with Crippen molar-refractivity contribution in [2.24, 2.45) is 5.73 Å². The number of nitrogens with zero attached hydrogens (tertiary/aromatic N) is 1. The molecule has 0 aliphatic carbocycles. The van der Waals surface area contributed by atoms with E-state index in [-0.39, 0.29) is 5.56 Å². The first kappa shape index (κ1) is 13.4. The molecule has 4 N–H and O–H groups in total. The van der Waals surface area contributed by atoms with Gasteiger partial charge in [0, 0.05) is 30.9 Å². The van der Waals surface area contributed by atoms with Crippen LogP contribution < -0.4 is 16.2 Å². The third-order valence-electron chi connectivity index (χ3n) is 3.18. The minimum absolute atomic E-state index is 0.0554. The van der Waals surface area contributed by atoms with Gasteiger partial charge in [0.15, 0.2) is 0 Å². The quantitative estimate of drug-likeness (QED) is 0.759. The third kappa shape index (κ3) is 2.88. The number of H-pyrrole nitrogens is 2. The van der Waals surface area contributed by atoms with E-state index >= 15 is 0 Å². The number of aromatic nitrogens is 2. The Morgan fingerprint density at radius 2 is 1.84 bits per heavy atom. The average Bonchev–Trinajstić information content (AvgIpc) is 2.78. The van der Waals surface area contributed by atoms with Gasteiger partial charge in [-0.15, -0.1) is 0 Å². The van der Waals surface area contributed by atoms with Gasteiger partial charge in [0.05, 0.1) is 5.69 Å². The summed E-state index contributed by atoms with van der Waals surface area (Å²) in [5.74, 6) is 0. The van der Waals surface area contributed by atoms with Gasteiger partial charge in [-0.25, -0.2) is 0 Å². The molecule has 1 aromatic heterocycles. The van der Waals surface area contributed by atoms with Gasteiger partial charge in [-0.1, -0.05) is 12.1 Å². The maximum absolute atomic E-state index is 11.8. The highest BCUT2D eigenvalue weighted by Gasteiger charge is 2.11. The summed E-state index contributed by atoms with van der Waals surface area (Å²) in [6.45, 7) is 0.587. The molecular formula is C14H20N4O. The molecule has 1 aromatic carbocycles. The van der Waals surface area contributed by atoms with E-state index in [1.165, 1.54) is 0 Å². The minimum Gasteiger partial charge on any atom is -0.378 e. The van der Waals surface area contributed by atoms with Crippen LogP contribution in [0.15, 0.2) is 29.1 Å². The lowest BCUT2D eigenvalue weighted by molar-refractivity contribution is 0.829. The van der Waals surface area contributed by atoms with Gasteiger partial charge in [0.25, 0.3) is 5.56 Å². The van der Waals surface area contributed by atoms with Gasteiger partial charge in [-0.05, 0) is 31.5 Å². The van der Waals surface area contributed by atoms with E-state index in [1.807, 2.05) is 43.3 Å². The molecule has 0 spiro atoms. The van der Waals surface area contributed by atoms with Crippen LogP contribution in [0.3, 0.4) is 0 Å². The summed E-state index contributed by atoms with van der Waals surface area (Å²) in [5.41, 5.74) is 9.24. The highest BCUT2D eigenvalue weighted by molar-refractivity contribution is 5.65. The summed E-state index contributed by atoms with van der Waals surface area (Å²) in [4.78, 5) is 13.8. The van der Waals surface area contributed by atoms with Crippen LogP contribution in [-0.2, 0) is 6.42 Å². The van der Waals surface area contributed by atoms with Crippen molar-refractivity contribution in [2.45, 2.75) is 12.8 Å². The van der Waals surface area contributed by atoms with Crippen LogP contribution in [0.4, 0.5) is 5.69 Å². The molecule has 5 heteroatoms. The summed E-state index contributed by atoms with van der Waals surface area (Å²) in [5, 5.41) is 5.61. The van der Waals surface area contributed by atoms with Crippen molar-refractivity contribution < 1.29 is 0 Å². The van der Waals surface area contributed by atoms with Crippen LogP contribution in [0, 0.1) is 0 Å². The fourth-order valence-corrected chi connectivity index (χ4v) is 2.07. The van der Waals surface area contributed by atoms with Gasteiger partial charge >= 0.3 is 0 Å². The number of nitrogens with two attached hydrogens (primary N) is 1. The van der Waals surface area contributed by atoms with Crippen molar-refractivity contribution in [3.63, 3.8) is 0 Å². The second-order valence-electron chi connectivity index (χ2n) is 4.77. The van der Waals surface area contributed by atoms with Gasteiger partial charge < -0.3 is 10.6 Å². The molecule has 2 rings (SSSR count). The van der Waals surface area contributed by atoms with Crippen LogP contribution >= 0.6 is 0 Å². The van der Waals surface area contributed by atoms with E-state index in [1.54, 1.807) is 0 Å². The molecule has 0 amide bonds. The number of anilines is 1. The van der Waals surface area contributed by atoms with E-state index < -0.39 is 0 Å². The molecule has 0 atom stereocenters. The second-order valence-corrected chi connectivity index (χ2v) is 4.77. The van der Waals surface area contributed by atoms with Gasteiger partial charge in [0.2, 0.25) is 0 Å². The molecule has 0 bridgehead atoms. The predicted octanol–water partition coefficient (Wildman–Crippen LogP) is 1.33. The first-order chi connectivity index (χ1) is 9.13. The smallest absolute Gasteiger partial charge is 0.267 e. The molecular weight excluding hydrogens is 240 g/mol. The molecule has 1 heterocycles. The topological polar surface area (TPSA) is 77.9 Å². The lowest BCUT2D eigenvalue weighted by Gasteiger charge is -2.12. The van der Waals surface area contributed by atoms with Gasteiger partial charge in [-0.2, -0.15) is 0 Å². The molecule has 0 unspecified atom stereocenters. The Morgan fingerprint density at radius 1 is 1.16 bits per heavy atom. The Balaban J connectivity index is 2.33. The highest BCUT2D eigenvalue weighted by atomic mass is 16.1. The number of aromatic amines is 2. The Bertz CT molecular complexity index is 580. The largest absolute Gasteiger partial charge is 0.378 e. The summed E-state index contributed by atoms with van der Waals surface area (Å²) in [6, 6.07) is 8.10. The zero-order valence-corrected chi connectivity index (χ0v) is 11.4. The molecule has 2 aromatic rings. The van der Waals surface area contributed by atoms with Crippen molar-refractivity contribution in [1.29, 1.82) is 0 Å². The third-order valence-corrected chi connectivity index (χ3v) is 3.18. The predicted molar refractivity (Wildman–Crippen MR) is 78.6 cm³/mol. The van der Waals surface area contributed by atoms with E-state index in [2.05, 4.69) is 10.2 Å². The highest BCUT2D eigenvalue weighted by Crippen LogP contribution is 2.22. The molecule has 0 radical (unpaired) electrons. The lowest BCUT2D eigenvalue weighted by atomic mass is 10.0. The van der Waals surface area contributed by atoms with E-state index in [0.717, 1.165) is 28.9 Å². The molecule has 0 aliphatic rings. The molecule has 0 saturated heterocycles.